The number of aliphatic hydroxyl groups excluding tert-OH is 1. The van der Waals surface area contributed by atoms with Crippen LogP contribution >= 0.6 is 0 Å². The Morgan fingerprint density at radius 1 is 0.955 bits per heavy atom. The minimum absolute atomic E-state index is 0.212. The summed E-state index contributed by atoms with van der Waals surface area (Å²) in [7, 11) is 0. The van der Waals surface area contributed by atoms with Gasteiger partial charge in [-0.15, -0.1) is 0 Å². The zero-order valence-electron chi connectivity index (χ0n) is 12.6. The van der Waals surface area contributed by atoms with Crippen molar-refractivity contribution in [1.29, 1.82) is 0 Å². The van der Waals surface area contributed by atoms with Crippen LogP contribution in [-0.2, 0) is 6.54 Å². The van der Waals surface area contributed by atoms with Crippen LogP contribution in [0.4, 0.5) is 4.39 Å². The molecule has 1 fully saturated rings. The molecule has 0 bridgehead atoms. The molecule has 1 aromatic carbocycles. The predicted molar refractivity (Wildman–Crippen MR) is 85.0 cm³/mol. The highest BCUT2D eigenvalue weighted by Gasteiger charge is 2.16. The lowest BCUT2D eigenvalue weighted by Gasteiger charge is -2.34. The summed E-state index contributed by atoms with van der Waals surface area (Å²) in [5, 5.41) is 8.96. The molecule has 1 aliphatic rings. The monoisotopic (exact) mass is 303 g/mol. The molecule has 22 heavy (non-hydrogen) atoms. The van der Waals surface area contributed by atoms with Gasteiger partial charge in [0.05, 0.1) is 6.61 Å². The fourth-order valence-electron chi connectivity index (χ4n) is 2.88. The molecule has 1 aliphatic heterocycles. The number of H-pyrrole nitrogens is 1. The number of hydrogen-bond acceptors (Lipinski definition) is 3. The number of benzene rings is 1. The van der Waals surface area contributed by atoms with Crippen LogP contribution in [0.2, 0.25) is 0 Å². The number of nitrogens with one attached hydrogen (secondary N) is 1. The first-order valence-electron chi connectivity index (χ1n) is 7.74. The Hall–Kier alpha value is -1.69. The Bertz CT molecular complexity index is 588. The molecule has 0 saturated carbocycles. The average Bonchev–Trinajstić information content (AvgIpc) is 2.99. The molecule has 0 spiro atoms. The molecular formula is C17H22FN3O. The van der Waals surface area contributed by atoms with E-state index in [1.54, 1.807) is 12.1 Å². The summed E-state index contributed by atoms with van der Waals surface area (Å²) in [6.45, 7) is 5.95. The molecule has 2 N–H and O–H groups in total. The van der Waals surface area contributed by atoms with Crippen LogP contribution in [0.5, 0.6) is 0 Å². The van der Waals surface area contributed by atoms with Crippen LogP contribution in [0, 0.1) is 5.82 Å². The molecule has 1 aromatic heterocycles. The smallest absolute Gasteiger partial charge is 0.123 e. The van der Waals surface area contributed by atoms with Gasteiger partial charge in [0.2, 0.25) is 0 Å². The van der Waals surface area contributed by atoms with E-state index in [9.17, 15) is 4.39 Å². The summed E-state index contributed by atoms with van der Waals surface area (Å²) in [6.07, 6.45) is 0. The summed E-state index contributed by atoms with van der Waals surface area (Å²) in [4.78, 5) is 8.11. The van der Waals surface area contributed by atoms with Gasteiger partial charge in [-0.3, -0.25) is 9.80 Å². The molecule has 3 rings (SSSR count). The van der Waals surface area contributed by atoms with Crippen molar-refractivity contribution in [3.63, 3.8) is 0 Å². The summed E-state index contributed by atoms with van der Waals surface area (Å²) in [5.74, 6) is -0.212. The third kappa shape index (κ3) is 3.74. The summed E-state index contributed by atoms with van der Waals surface area (Å²) in [5.41, 5.74) is 3.20. The zero-order chi connectivity index (χ0) is 15.4. The number of aromatic nitrogens is 1. The normalized spacial score (nSPS) is 17.0. The number of nitrogens with zero attached hydrogens (tertiary/aromatic N) is 2. The molecule has 1 saturated heterocycles. The highest BCUT2D eigenvalue weighted by atomic mass is 19.1. The van der Waals surface area contributed by atoms with E-state index >= 15 is 0 Å². The van der Waals surface area contributed by atoms with Gasteiger partial charge in [-0.05, 0) is 42.0 Å². The maximum absolute atomic E-state index is 13.0. The predicted octanol–water partition coefficient (Wildman–Crippen LogP) is 1.93. The van der Waals surface area contributed by atoms with Crippen LogP contribution in [-0.4, -0.2) is 59.2 Å². The van der Waals surface area contributed by atoms with Gasteiger partial charge in [-0.1, -0.05) is 0 Å². The Labute approximate surface area is 130 Å². The summed E-state index contributed by atoms with van der Waals surface area (Å²) < 4.78 is 13.0. The van der Waals surface area contributed by atoms with Crippen LogP contribution in [0.1, 0.15) is 5.69 Å². The van der Waals surface area contributed by atoms with E-state index in [-0.39, 0.29) is 12.4 Å². The first-order chi connectivity index (χ1) is 10.7. The second-order valence-corrected chi connectivity index (χ2v) is 5.75. The number of aliphatic hydroxyl groups is 1. The van der Waals surface area contributed by atoms with Gasteiger partial charge >= 0.3 is 0 Å². The number of halogens is 1. The van der Waals surface area contributed by atoms with Gasteiger partial charge in [0.25, 0.3) is 0 Å². The molecule has 0 aliphatic carbocycles. The molecule has 0 atom stereocenters. The molecule has 2 heterocycles. The van der Waals surface area contributed by atoms with Crippen LogP contribution in [0.25, 0.3) is 11.3 Å². The van der Waals surface area contributed by atoms with Crippen LogP contribution < -0.4 is 0 Å². The minimum atomic E-state index is -0.212. The van der Waals surface area contributed by atoms with E-state index in [4.69, 9.17) is 5.11 Å². The Morgan fingerprint density at radius 3 is 2.32 bits per heavy atom. The van der Waals surface area contributed by atoms with Crippen molar-refractivity contribution in [2.75, 3.05) is 39.3 Å². The van der Waals surface area contributed by atoms with Gasteiger partial charge < -0.3 is 10.1 Å². The molecule has 0 unspecified atom stereocenters. The molecular weight excluding hydrogens is 281 g/mol. The summed E-state index contributed by atoms with van der Waals surface area (Å²) in [6, 6.07) is 10.7. The van der Waals surface area contributed by atoms with Gasteiger partial charge in [0.1, 0.15) is 5.82 Å². The maximum atomic E-state index is 13.0. The zero-order valence-corrected chi connectivity index (χ0v) is 12.6. The number of hydrogen-bond donors (Lipinski definition) is 2. The van der Waals surface area contributed by atoms with Crippen molar-refractivity contribution in [1.82, 2.24) is 14.8 Å². The average molecular weight is 303 g/mol. The third-order valence-electron chi connectivity index (χ3n) is 4.18. The first-order valence-corrected chi connectivity index (χ1v) is 7.74. The molecule has 118 valence electrons. The van der Waals surface area contributed by atoms with E-state index < -0.39 is 0 Å². The van der Waals surface area contributed by atoms with Crippen molar-refractivity contribution in [2.45, 2.75) is 6.54 Å². The topological polar surface area (TPSA) is 42.5 Å². The lowest BCUT2D eigenvalue weighted by atomic mass is 10.1. The molecule has 5 heteroatoms. The summed E-state index contributed by atoms with van der Waals surface area (Å²) >= 11 is 0. The number of piperazine rings is 1. The van der Waals surface area contributed by atoms with Crippen LogP contribution in [0.15, 0.2) is 36.4 Å². The van der Waals surface area contributed by atoms with E-state index in [2.05, 4.69) is 20.9 Å². The van der Waals surface area contributed by atoms with Gasteiger partial charge in [0, 0.05) is 50.7 Å². The fourth-order valence-corrected chi connectivity index (χ4v) is 2.88. The second-order valence-electron chi connectivity index (χ2n) is 5.75. The third-order valence-corrected chi connectivity index (χ3v) is 4.18. The number of rotatable bonds is 5. The van der Waals surface area contributed by atoms with Crippen molar-refractivity contribution in [2.24, 2.45) is 0 Å². The standard InChI is InChI=1S/C17H22FN3O/c18-15-3-1-14(2-4-15)17-6-5-16(19-17)13-21-9-7-20(8-10-21)11-12-22/h1-6,19,22H,7-13H2. The van der Waals surface area contributed by atoms with Gasteiger partial charge in [-0.2, -0.15) is 0 Å². The molecule has 0 amide bonds. The van der Waals surface area contributed by atoms with Crippen molar-refractivity contribution in [3.8, 4) is 11.3 Å². The van der Waals surface area contributed by atoms with E-state index in [1.807, 2.05) is 6.07 Å². The number of aromatic amines is 1. The molecule has 0 radical (unpaired) electrons. The first kappa shape index (κ1) is 15.2. The number of β-amino-alcohol motifs (C(OH)–C–C–N with tert-alkyl or cyclic N) is 1. The van der Waals surface area contributed by atoms with E-state index in [0.717, 1.165) is 50.5 Å². The Morgan fingerprint density at radius 2 is 1.64 bits per heavy atom. The lowest BCUT2D eigenvalue weighted by molar-refractivity contribution is 0.108. The molecule has 2 aromatic rings. The van der Waals surface area contributed by atoms with Gasteiger partial charge in [-0.25, -0.2) is 4.39 Å². The quantitative estimate of drug-likeness (QED) is 0.887. The SMILES string of the molecule is OCCN1CCN(Cc2ccc(-c3ccc(F)cc3)[nH]2)CC1. The lowest BCUT2D eigenvalue weighted by Crippen LogP contribution is -2.46. The van der Waals surface area contributed by atoms with Crippen molar-refractivity contribution >= 4 is 0 Å². The van der Waals surface area contributed by atoms with E-state index in [0.29, 0.717) is 0 Å². The highest BCUT2D eigenvalue weighted by Crippen LogP contribution is 2.19. The van der Waals surface area contributed by atoms with Crippen molar-refractivity contribution in [3.05, 3.63) is 47.9 Å². The Kier molecular flexibility index (Phi) is 4.87. The molecule has 4 nitrogen and oxygen atoms in total. The van der Waals surface area contributed by atoms with Crippen LogP contribution in [0.3, 0.4) is 0 Å². The van der Waals surface area contributed by atoms with Crippen molar-refractivity contribution < 1.29 is 9.50 Å². The maximum Gasteiger partial charge on any atom is 0.123 e. The van der Waals surface area contributed by atoms with E-state index in [1.165, 1.54) is 17.8 Å². The second kappa shape index (κ2) is 7.05. The largest absolute Gasteiger partial charge is 0.395 e. The van der Waals surface area contributed by atoms with Gasteiger partial charge in [0.15, 0.2) is 0 Å². The Balaban J connectivity index is 1.57. The minimum Gasteiger partial charge on any atom is -0.395 e. The fraction of sp³-hybridized carbons (Fsp3) is 0.412. The highest BCUT2D eigenvalue weighted by molar-refractivity contribution is 5.59.